The van der Waals surface area contributed by atoms with Crippen LogP contribution in [0.5, 0.6) is 5.75 Å². The van der Waals surface area contributed by atoms with Crippen LogP contribution in [0.2, 0.25) is 0 Å². The summed E-state index contributed by atoms with van der Waals surface area (Å²) in [7, 11) is 1.49. The molecule has 1 saturated heterocycles. The van der Waals surface area contributed by atoms with E-state index in [2.05, 4.69) is 15.6 Å². The molecule has 0 spiro atoms. The highest BCUT2D eigenvalue weighted by molar-refractivity contribution is 7.21. The van der Waals surface area contributed by atoms with Gasteiger partial charge in [0.2, 0.25) is 5.27 Å². The Morgan fingerprint density at radius 1 is 1.25 bits per heavy atom. The number of alkyl halides is 3. The number of benzene rings is 1. The standard InChI is InChI=1S/C22H19F3N6O4S/c1-33-13-4-2-12(3-5-13)15-10-14(22(23,24)25)17-18(26)19(36-21(17)27-15)20(32)28-16-11-31(29-35-16)30-6-8-34-9-7-30/h2-5,10-11H,6-9H2,1H3,(H2-,26,28,29,32)/p+1. The van der Waals surface area contributed by atoms with E-state index in [9.17, 15) is 18.0 Å². The highest BCUT2D eigenvalue weighted by Gasteiger charge is 2.36. The van der Waals surface area contributed by atoms with Crippen molar-refractivity contribution >= 4 is 39.0 Å². The van der Waals surface area contributed by atoms with Gasteiger partial charge in [-0.1, -0.05) is 0 Å². The number of methoxy groups -OCH3 is 1. The minimum Gasteiger partial charge on any atom is -0.497 e. The molecule has 3 aromatic heterocycles. The van der Waals surface area contributed by atoms with Crippen LogP contribution in [0.3, 0.4) is 0 Å². The highest BCUT2D eigenvalue weighted by Crippen LogP contribution is 2.43. The average molecular weight is 522 g/mol. The van der Waals surface area contributed by atoms with Crippen molar-refractivity contribution in [2.75, 3.05) is 49.5 Å². The van der Waals surface area contributed by atoms with E-state index in [1.807, 2.05) is 5.01 Å². The number of thiophene rings is 1. The van der Waals surface area contributed by atoms with Crippen LogP contribution in [-0.2, 0) is 10.9 Å². The van der Waals surface area contributed by atoms with Gasteiger partial charge >= 0.3 is 12.1 Å². The number of anilines is 2. The number of aromatic nitrogens is 3. The number of morpholine rings is 1. The van der Waals surface area contributed by atoms with Gasteiger partial charge in [0.15, 0.2) is 0 Å². The second kappa shape index (κ2) is 9.28. The van der Waals surface area contributed by atoms with Crippen LogP contribution >= 0.6 is 11.3 Å². The third-order valence-corrected chi connectivity index (χ3v) is 6.66. The lowest BCUT2D eigenvalue weighted by Crippen LogP contribution is -2.62. The maximum Gasteiger partial charge on any atom is 0.417 e. The van der Waals surface area contributed by atoms with Gasteiger partial charge in [-0.2, -0.15) is 13.2 Å². The third-order valence-electron chi connectivity index (χ3n) is 5.57. The number of hydrogen-bond donors (Lipinski definition) is 2. The lowest BCUT2D eigenvalue weighted by Gasteiger charge is -2.18. The molecule has 0 atom stereocenters. The Labute approximate surface area is 206 Å². The third kappa shape index (κ3) is 4.52. The fourth-order valence-corrected chi connectivity index (χ4v) is 4.79. The van der Waals surface area contributed by atoms with Gasteiger partial charge in [-0.15, -0.1) is 16.3 Å². The maximum absolute atomic E-state index is 14.0. The van der Waals surface area contributed by atoms with Gasteiger partial charge in [0.05, 0.1) is 55.1 Å². The summed E-state index contributed by atoms with van der Waals surface area (Å²) < 4.78 is 57.6. The Balaban J connectivity index is 1.49. The van der Waals surface area contributed by atoms with Crippen molar-refractivity contribution < 1.29 is 36.8 Å². The fraction of sp³-hybridized carbons (Fsp3) is 0.273. The first kappa shape index (κ1) is 23.8. The SMILES string of the molecule is COc1ccc(-c2cc(C(F)(F)F)c3c(N)c(C(=O)Nc4c[n+](N5CCOCC5)no4)sc3n2)cc1. The molecule has 0 aliphatic carbocycles. The van der Waals surface area contributed by atoms with Crippen LogP contribution in [0.1, 0.15) is 15.2 Å². The van der Waals surface area contributed by atoms with Gasteiger partial charge in [0, 0.05) is 10.9 Å². The highest BCUT2D eigenvalue weighted by atomic mass is 32.1. The molecule has 4 heterocycles. The summed E-state index contributed by atoms with van der Waals surface area (Å²) in [5.74, 6) is -0.177. The van der Waals surface area contributed by atoms with Crippen molar-refractivity contribution in [2.45, 2.75) is 6.18 Å². The first-order valence-electron chi connectivity index (χ1n) is 10.7. The zero-order valence-electron chi connectivity index (χ0n) is 18.8. The zero-order valence-corrected chi connectivity index (χ0v) is 19.7. The number of nitrogen functional groups attached to an aromatic ring is 1. The van der Waals surface area contributed by atoms with Crippen LogP contribution in [0, 0.1) is 0 Å². The van der Waals surface area contributed by atoms with Crippen LogP contribution in [0.15, 0.2) is 41.1 Å². The van der Waals surface area contributed by atoms with Gasteiger partial charge in [-0.3, -0.25) is 14.6 Å². The Kier molecular flexibility index (Phi) is 6.14. The molecule has 36 heavy (non-hydrogen) atoms. The number of halogens is 3. The number of fused-ring (bicyclic) bond motifs is 1. The summed E-state index contributed by atoms with van der Waals surface area (Å²) in [6.07, 6.45) is -3.27. The van der Waals surface area contributed by atoms with Crippen LogP contribution in [0.4, 0.5) is 24.7 Å². The molecule has 10 nitrogen and oxygen atoms in total. The van der Waals surface area contributed by atoms with Gasteiger partial charge in [-0.25, -0.2) is 4.98 Å². The van der Waals surface area contributed by atoms with E-state index >= 15 is 0 Å². The monoisotopic (exact) mass is 521 g/mol. The number of carbonyl (C=O) groups excluding carboxylic acids is 1. The van der Waals surface area contributed by atoms with E-state index in [1.54, 1.807) is 24.3 Å². The van der Waals surface area contributed by atoms with Crippen molar-refractivity contribution in [3.63, 3.8) is 0 Å². The minimum absolute atomic E-state index is 0.00581. The molecule has 1 aromatic carbocycles. The van der Waals surface area contributed by atoms with Crippen molar-refractivity contribution in [2.24, 2.45) is 0 Å². The number of ether oxygens (including phenoxy) is 2. The maximum atomic E-state index is 14.0. The van der Waals surface area contributed by atoms with Gasteiger partial charge in [-0.05, 0) is 30.3 Å². The Morgan fingerprint density at radius 3 is 2.64 bits per heavy atom. The number of carbonyl (C=O) groups is 1. The molecular weight excluding hydrogens is 501 g/mol. The Bertz CT molecular complexity index is 1410. The van der Waals surface area contributed by atoms with E-state index < -0.39 is 17.6 Å². The minimum atomic E-state index is -4.72. The first-order valence-corrected chi connectivity index (χ1v) is 11.5. The predicted molar refractivity (Wildman–Crippen MR) is 124 cm³/mol. The van der Waals surface area contributed by atoms with Gasteiger partial charge in [0.25, 0.3) is 12.1 Å². The molecule has 3 N–H and O–H groups in total. The molecule has 1 aliphatic heterocycles. The average Bonchev–Trinajstić information content (AvgIpc) is 3.48. The molecule has 1 fully saturated rings. The van der Waals surface area contributed by atoms with Gasteiger partial charge in [0.1, 0.15) is 15.5 Å². The lowest BCUT2D eigenvalue weighted by atomic mass is 10.1. The molecule has 0 unspecified atom stereocenters. The van der Waals surface area contributed by atoms with E-state index in [4.69, 9.17) is 19.7 Å². The zero-order chi connectivity index (χ0) is 25.4. The molecule has 0 bridgehead atoms. The van der Waals surface area contributed by atoms with Crippen LogP contribution in [-0.4, -0.2) is 49.6 Å². The number of nitrogens with two attached hydrogens (primary N) is 1. The molecule has 4 aromatic rings. The summed E-state index contributed by atoms with van der Waals surface area (Å²) in [6.45, 7) is 2.20. The number of pyridine rings is 1. The predicted octanol–water partition coefficient (Wildman–Crippen LogP) is 3.07. The summed E-state index contributed by atoms with van der Waals surface area (Å²) in [4.78, 5) is 18.6. The van der Waals surface area contributed by atoms with Gasteiger partial charge < -0.3 is 15.2 Å². The quantitative estimate of drug-likeness (QED) is 0.385. The molecule has 1 aliphatic rings. The Morgan fingerprint density at radius 2 is 1.97 bits per heavy atom. The number of rotatable bonds is 5. The summed E-state index contributed by atoms with van der Waals surface area (Å²) in [6, 6.07) is 7.38. The normalized spacial score (nSPS) is 14.3. The topological polar surface area (TPSA) is 120 Å². The molecule has 1 amide bonds. The molecule has 0 saturated carbocycles. The molecule has 14 heteroatoms. The van der Waals surface area contributed by atoms with Crippen molar-refractivity contribution in [3.05, 3.63) is 47.0 Å². The number of amides is 1. The van der Waals surface area contributed by atoms with Crippen molar-refractivity contribution in [3.8, 4) is 17.0 Å². The summed E-state index contributed by atoms with van der Waals surface area (Å²) in [5.41, 5.74) is 5.32. The van der Waals surface area contributed by atoms with Crippen molar-refractivity contribution in [1.82, 2.24) is 10.3 Å². The largest absolute Gasteiger partial charge is 0.497 e. The lowest BCUT2D eigenvalue weighted by molar-refractivity contribution is -0.759. The molecule has 0 radical (unpaired) electrons. The Hall–Kier alpha value is -3.91. The second-order valence-electron chi connectivity index (χ2n) is 7.81. The van der Waals surface area contributed by atoms with E-state index in [0.717, 1.165) is 17.4 Å². The molecular formula is C22H20F3N6O4S+. The van der Waals surface area contributed by atoms with Crippen LogP contribution in [0.25, 0.3) is 21.5 Å². The summed E-state index contributed by atoms with van der Waals surface area (Å²) in [5, 5.41) is 7.87. The second-order valence-corrected chi connectivity index (χ2v) is 8.81. The van der Waals surface area contributed by atoms with E-state index in [-0.39, 0.29) is 32.4 Å². The number of nitrogens with zero attached hydrogens (tertiary/aromatic N) is 4. The number of nitrogens with one attached hydrogen (secondary N) is 1. The smallest absolute Gasteiger partial charge is 0.417 e. The fourth-order valence-electron chi connectivity index (χ4n) is 3.78. The van der Waals surface area contributed by atoms with Crippen molar-refractivity contribution in [1.29, 1.82) is 0 Å². The summed E-state index contributed by atoms with van der Waals surface area (Å²) >= 11 is 0.764. The van der Waals surface area contributed by atoms with Crippen LogP contribution < -0.4 is 25.6 Å². The van der Waals surface area contributed by atoms with E-state index in [0.29, 0.717) is 37.6 Å². The number of hydrogen-bond acceptors (Lipinski definition) is 9. The van der Waals surface area contributed by atoms with E-state index in [1.165, 1.54) is 18.1 Å². The molecule has 5 rings (SSSR count). The molecule has 188 valence electrons. The first-order chi connectivity index (χ1) is 17.2.